The van der Waals surface area contributed by atoms with Gasteiger partial charge in [0, 0.05) is 19.4 Å². The van der Waals surface area contributed by atoms with Crippen LogP contribution in [0.4, 0.5) is 0 Å². The third-order valence-corrected chi connectivity index (χ3v) is 3.45. The predicted molar refractivity (Wildman–Crippen MR) is 71.3 cm³/mol. The Hall–Kier alpha value is -1.43. The average Bonchev–Trinajstić information content (AvgIpc) is 2.75. The Labute approximate surface area is 118 Å². The molecule has 1 aliphatic rings. The highest BCUT2D eigenvalue weighted by Gasteiger charge is 2.26. The first-order valence-corrected chi connectivity index (χ1v) is 7.09. The standard InChI is InChI=1S/C14H22N2O4/c1-14(2,9-13(17)18)8-12-15-11(16-20-12)7-10-5-3-4-6-19-10/h10H,3-9H2,1-2H3,(H,17,18). The third-order valence-electron chi connectivity index (χ3n) is 3.45. The average molecular weight is 282 g/mol. The van der Waals surface area contributed by atoms with Crippen LogP contribution in [0.2, 0.25) is 0 Å². The summed E-state index contributed by atoms with van der Waals surface area (Å²) < 4.78 is 10.9. The minimum Gasteiger partial charge on any atom is -0.481 e. The zero-order valence-electron chi connectivity index (χ0n) is 12.1. The molecule has 0 saturated carbocycles. The van der Waals surface area contributed by atoms with E-state index in [1.165, 1.54) is 6.42 Å². The Morgan fingerprint density at radius 1 is 1.45 bits per heavy atom. The minimum absolute atomic E-state index is 0.0798. The lowest BCUT2D eigenvalue weighted by molar-refractivity contribution is -0.139. The summed E-state index contributed by atoms with van der Waals surface area (Å²) in [4.78, 5) is 15.1. The largest absolute Gasteiger partial charge is 0.481 e. The van der Waals surface area contributed by atoms with Gasteiger partial charge in [-0.25, -0.2) is 0 Å². The first kappa shape index (κ1) is 15.0. The number of aromatic nitrogens is 2. The van der Waals surface area contributed by atoms with Gasteiger partial charge in [-0.2, -0.15) is 4.98 Å². The number of nitrogens with zero attached hydrogens (tertiary/aromatic N) is 2. The molecule has 1 N–H and O–H groups in total. The molecule has 0 aromatic carbocycles. The summed E-state index contributed by atoms with van der Waals surface area (Å²) in [5.74, 6) is 0.338. The fourth-order valence-electron chi connectivity index (χ4n) is 2.50. The van der Waals surface area contributed by atoms with Crippen molar-refractivity contribution in [2.24, 2.45) is 5.41 Å². The van der Waals surface area contributed by atoms with Crippen LogP contribution in [0.15, 0.2) is 4.52 Å². The van der Waals surface area contributed by atoms with Crippen molar-refractivity contribution < 1.29 is 19.2 Å². The molecule has 1 aliphatic heterocycles. The van der Waals surface area contributed by atoms with Crippen LogP contribution >= 0.6 is 0 Å². The molecule has 2 heterocycles. The molecule has 20 heavy (non-hydrogen) atoms. The first-order chi connectivity index (χ1) is 9.44. The Balaban J connectivity index is 1.89. The van der Waals surface area contributed by atoms with Gasteiger partial charge in [0.25, 0.3) is 0 Å². The van der Waals surface area contributed by atoms with E-state index in [4.69, 9.17) is 14.4 Å². The van der Waals surface area contributed by atoms with Gasteiger partial charge in [-0.3, -0.25) is 4.79 Å². The van der Waals surface area contributed by atoms with Crippen molar-refractivity contribution in [1.82, 2.24) is 10.1 Å². The van der Waals surface area contributed by atoms with Crippen molar-refractivity contribution in [1.29, 1.82) is 0 Å². The van der Waals surface area contributed by atoms with Gasteiger partial charge in [0.2, 0.25) is 5.89 Å². The van der Waals surface area contributed by atoms with Crippen LogP contribution in [0.25, 0.3) is 0 Å². The van der Waals surface area contributed by atoms with Gasteiger partial charge in [-0.1, -0.05) is 19.0 Å². The van der Waals surface area contributed by atoms with Crippen molar-refractivity contribution in [3.63, 3.8) is 0 Å². The Morgan fingerprint density at radius 3 is 2.90 bits per heavy atom. The van der Waals surface area contributed by atoms with E-state index < -0.39 is 11.4 Å². The van der Waals surface area contributed by atoms with Crippen molar-refractivity contribution in [2.45, 2.75) is 58.5 Å². The molecule has 0 spiro atoms. The molecule has 0 bridgehead atoms. The van der Waals surface area contributed by atoms with Crippen LogP contribution < -0.4 is 0 Å². The SMILES string of the molecule is CC(C)(CC(=O)O)Cc1nc(CC2CCCCO2)no1. The highest BCUT2D eigenvalue weighted by atomic mass is 16.5. The number of carbonyl (C=O) groups is 1. The van der Waals surface area contributed by atoms with Crippen molar-refractivity contribution in [3.8, 4) is 0 Å². The minimum atomic E-state index is -0.814. The smallest absolute Gasteiger partial charge is 0.303 e. The maximum absolute atomic E-state index is 10.8. The summed E-state index contributed by atoms with van der Waals surface area (Å²) in [5, 5.41) is 12.8. The van der Waals surface area contributed by atoms with E-state index >= 15 is 0 Å². The topological polar surface area (TPSA) is 85.5 Å². The Bertz CT molecular complexity index is 450. The molecule has 1 aromatic heterocycles. The lowest BCUT2D eigenvalue weighted by Gasteiger charge is -2.21. The number of carboxylic acids is 1. The molecular formula is C14H22N2O4. The molecule has 1 fully saturated rings. The summed E-state index contributed by atoms with van der Waals surface area (Å²) in [6, 6.07) is 0. The zero-order valence-corrected chi connectivity index (χ0v) is 12.1. The highest BCUT2D eigenvalue weighted by Crippen LogP contribution is 2.25. The second-order valence-corrected chi connectivity index (χ2v) is 6.21. The van der Waals surface area contributed by atoms with Gasteiger partial charge in [-0.15, -0.1) is 0 Å². The molecular weight excluding hydrogens is 260 g/mol. The fourth-order valence-corrected chi connectivity index (χ4v) is 2.50. The molecule has 0 aliphatic carbocycles. The molecule has 1 unspecified atom stereocenters. The van der Waals surface area contributed by atoms with Gasteiger partial charge < -0.3 is 14.4 Å². The van der Waals surface area contributed by atoms with E-state index in [-0.39, 0.29) is 12.5 Å². The highest BCUT2D eigenvalue weighted by molar-refractivity contribution is 5.67. The van der Waals surface area contributed by atoms with E-state index in [0.29, 0.717) is 24.6 Å². The quantitative estimate of drug-likeness (QED) is 0.861. The van der Waals surface area contributed by atoms with Gasteiger partial charge >= 0.3 is 5.97 Å². The first-order valence-electron chi connectivity index (χ1n) is 7.09. The molecule has 0 amide bonds. The fraction of sp³-hybridized carbons (Fsp3) is 0.786. The van der Waals surface area contributed by atoms with E-state index in [1.807, 2.05) is 13.8 Å². The molecule has 6 heteroatoms. The number of ether oxygens (including phenoxy) is 1. The predicted octanol–water partition coefficient (Wildman–Crippen LogP) is 2.22. The van der Waals surface area contributed by atoms with Gasteiger partial charge in [-0.05, 0) is 24.7 Å². The van der Waals surface area contributed by atoms with E-state index in [9.17, 15) is 4.79 Å². The molecule has 1 saturated heterocycles. The van der Waals surface area contributed by atoms with Gasteiger partial charge in [0.15, 0.2) is 5.82 Å². The molecule has 1 aromatic rings. The normalized spacial score (nSPS) is 20.0. The lowest BCUT2D eigenvalue weighted by atomic mass is 9.86. The maximum atomic E-state index is 10.8. The van der Waals surface area contributed by atoms with Crippen LogP contribution in [0.3, 0.4) is 0 Å². The van der Waals surface area contributed by atoms with Crippen LogP contribution in [-0.4, -0.2) is 33.9 Å². The number of hydrogen-bond donors (Lipinski definition) is 1. The Morgan fingerprint density at radius 2 is 2.25 bits per heavy atom. The van der Waals surface area contributed by atoms with Crippen LogP contribution in [0, 0.1) is 5.41 Å². The summed E-state index contributed by atoms with van der Waals surface area (Å²) in [5.41, 5.74) is -0.392. The monoisotopic (exact) mass is 282 g/mol. The van der Waals surface area contributed by atoms with Crippen LogP contribution in [-0.2, 0) is 22.4 Å². The number of rotatable bonds is 6. The number of aliphatic carboxylic acids is 1. The molecule has 112 valence electrons. The van der Waals surface area contributed by atoms with E-state index in [0.717, 1.165) is 19.4 Å². The molecule has 1 atom stereocenters. The molecule has 6 nitrogen and oxygen atoms in total. The third kappa shape index (κ3) is 4.59. The zero-order chi connectivity index (χ0) is 14.6. The summed E-state index contributed by atoms with van der Waals surface area (Å²) in [6.07, 6.45) is 4.74. The van der Waals surface area contributed by atoms with Crippen LogP contribution in [0.5, 0.6) is 0 Å². The second-order valence-electron chi connectivity index (χ2n) is 6.21. The van der Waals surface area contributed by atoms with Gasteiger partial charge in [0.05, 0.1) is 12.5 Å². The van der Waals surface area contributed by atoms with Crippen molar-refractivity contribution in [3.05, 3.63) is 11.7 Å². The number of hydrogen-bond acceptors (Lipinski definition) is 5. The molecule has 2 rings (SSSR count). The van der Waals surface area contributed by atoms with E-state index in [1.54, 1.807) is 0 Å². The Kier molecular flexibility index (Phi) is 4.75. The van der Waals surface area contributed by atoms with Crippen LogP contribution in [0.1, 0.15) is 51.2 Å². The molecule has 0 radical (unpaired) electrons. The van der Waals surface area contributed by atoms with Gasteiger partial charge in [0.1, 0.15) is 0 Å². The summed E-state index contributed by atoms with van der Waals surface area (Å²) in [6.45, 7) is 4.57. The number of carboxylic acid groups (broad SMARTS) is 1. The summed E-state index contributed by atoms with van der Waals surface area (Å²) >= 11 is 0. The van der Waals surface area contributed by atoms with Crippen molar-refractivity contribution >= 4 is 5.97 Å². The maximum Gasteiger partial charge on any atom is 0.303 e. The van der Waals surface area contributed by atoms with E-state index in [2.05, 4.69) is 10.1 Å². The summed E-state index contributed by atoms with van der Waals surface area (Å²) in [7, 11) is 0. The second kappa shape index (κ2) is 6.35. The lowest BCUT2D eigenvalue weighted by Crippen LogP contribution is -2.22. The van der Waals surface area contributed by atoms with Crippen molar-refractivity contribution in [2.75, 3.05) is 6.61 Å².